The zero-order valence-corrected chi connectivity index (χ0v) is 15.8. The second kappa shape index (κ2) is 9.60. The maximum Gasteiger partial charge on any atom is 0.238 e. The van der Waals surface area contributed by atoms with Crippen LogP contribution in [0.1, 0.15) is 31.2 Å². The van der Waals surface area contributed by atoms with Crippen molar-refractivity contribution < 1.29 is 4.79 Å². The number of carbonyl (C=O) groups is 1. The number of hydrogen-bond donors (Lipinski definition) is 2. The van der Waals surface area contributed by atoms with Crippen molar-refractivity contribution in [2.75, 3.05) is 30.3 Å². The van der Waals surface area contributed by atoms with Crippen LogP contribution in [0.25, 0.3) is 0 Å². The zero-order chi connectivity index (χ0) is 18.2. The lowest BCUT2D eigenvalue weighted by Crippen LogP contribution is -2.33. The second-order valence-electron chi connectivity index (χ2n) is 6.76. The van der Waals surface area contributed by atoms with Crippen molar-refractivity contribution in [1.82, 2.24) is 4.90 Å². The average molecular weight is 372 g/mol. The average Bonchev–Trinajstić information content (AvgIpc) is 2.91. The molecule has 2 aromatic carbocycles. The number of nitrogens with one attached hydrogen (secondary N) is 2. The van der Waals surface area contributed by atoms with E-state index in [9.17, 15) is 4.79 Å². The van der Waals surface area contributed by atoms with E-state index < -0.39 is 0 Å². The number of rotatable bonds is 6. The third-order valence-corrected chi connectivity index (χ3v) is 5.04. The molecule has 5 heteroatoms. The van der Waals surface area contributed by atoms with Gasteiger partial charge in [-0.25, -0.2) is 0 Å². The van der Waals surface area contributed by atoms with Crippen molar-refractivity contribution in [3.8, 4) is 0 Å². The highest BCUT2D eigenvalue weighted by Crippen LogP contribution is 2.18. The fourth-order valence-electron chi connectivity index (χ4n) is 3.21. The molecule has 0 atom stereocenters. The van der Waals surface area contributed by atoms with Gasteiger partial charge in [0.2, 0.25) is 5.91 Å². The molecule has 1 fully saturated rings. The molecule has 26 heavy (non-hydrogen) atoms. The normalized spacial score (nSPS) is 15.3. The molecule has 0 aliphatic carbocycles. The molecule has 0 spiro atoms. The fraction of sp³-hybridized carbons (Fsp3) is 0.381. The first-order chi connectivity index (χ1) is 12.7. The zero-order valence-electron chi connectivity index (χ0n) is 15.0. The Bertz CT molecular complexity index is 709. The number of anilines is 2. The summed E-state index contributed by atoms with van der Waals surface area (Å²) in [5.41, 5.74) is 2.88. The molecule has 4 nitrogen and oxygen atoms in total. The molecule has 0 bridgehead atoms. The number of benzene rings is 2. The van der Waals surface area contributed by atoms with E-state index in [0.717, 1.165) is 35.1 Å². The van der Waals surface area contributed by atoms with Crippen LogP contribution >= 0.6 is 11.6 Å². The van der Waals surface area contributed by atoms with Crippen molar-refractivity contribution in [3.05, 3.63) is 59.1 Å². The number of carbonyl (C=O) groups excluding carboxylic acids is 1. The van der Waals surface area contributed by atoms with E-state index in [1.54, 1.807) is 0 Å². The van der Waals surface area contributed by atoms with Crippen LogP contribution < -0.4 is 10.6 Å². The molecule has 1 aliphatic rings. The maximum absolute atomic E-state index is 12.2. The molecule has 0 unspecified atom stereocenters. The summed E-state index contributed by atoms with van der Waals surface area (Å²) in [7, 11) is 0. The first-order valence-corrected chi connectivity index (χ1v) is 9.68. The fourth-order valence-corrected chi connectivity index (χ4v) is 3.41. The minimum Gasteiger partial charge on any atom is -0.381 e. The van der Waals surface area contributed by atoms with Crippen LogP contribution in [-0.4, -0.2) is 30.4 Å². The standard InChI is InChI=1S/C21H26ClN3O/c22-20-8-4-3-7-17(20)15-23-18-9-11-19(12-10-18)24-21(26)16-25-13-5-1-2-6-14-25/h3-4,7-12,23H,1-2,5-6,13-16H2,(H,24,26). The van der Waals surface area contributed by atoms with E-state index in [1.807, 2.05) is 48.5 Å². The summed E-state index contributed by atoms with van der Waals surface area (Å²) < 4.78 is 0. The summed E-state index contributed by atoms with van der Waals surface area (Å²) in [5, 5.41) is 7.10. The van der Waals surface area contributed by atoms with Gasteiger partial charge in [-0.05, 0) is 61.8 Å². The highest BCUT2D eigenvalue weighted by atomic mass is 35.5. The van der Waals surface area contributed by atoms with Gasteiger partial charge in [-0.1, -0.05) is 42.6 Å². The van der Waals surface area contributed by atoms with E-state index in [0.29, 0.717) is 13.1 Å². The molecule has 0 radical (unpaired) electrons. The van der Waals surface area contributed by atoms with Crippen LogP contribution in [0.4, 0.5) is 11.4 Å². The molecule has 1 aliphatic heterocycles. The van der Waals surface area contributed by atoms with E-state index in [1.165, 1.54) is 25.7 Å². The Morgan fingerprint density at radius 1 is 0.923 bits per heavy atom. The number of halogens is 1. The largest absolute Gasteiger partial charge is 0.381 e. The van der Waals surface area contributed by atoms with Crippen LogP contribution in [0.15, 0.2) is 48.5 Å². The Kier molecular flexibility index (Phi) is 6.92. The lowest BCUT2D eigenvalue weighted by atomic mass is 10.2. The Labute approximate surface area is 160 Å². The van der Waals surface area contributed by atoms with Gasteiger partial charge in [0.1, 0.15) is 0 Å². The van der Waals surface area contributed by atoms with Gasteiger partial charge in [0, 0.05) is 22.9 Å². The third-order valence-electron chi connectivity index (χ3n) is 4.68. The molecule has 1 heterocycles. The molecule has 138 valence electrons. The molecule has 0 aromatic heterocycles. The van der Waals surface area contributed by atoms with Crippen molar-refractivity contribution in [2.45, 2.75) is 32.2 Å². The van der Waals surface area contributed by atoms with E-state index in [2.05, 4.69) is 15.5 Å². The number of nitrogens with zero attached hydrogens (tertiary/aromatic N) is 1. The van der Waals surface area contributed by atoms with Crippen molar-refractivity contribution in [3.63, 3.8) is 0 Å². The minimum atomic E-state index is 0.0590. The van der Waals surface area contributed by atoms with Crippen molar-refractivity contribution in [1.29, 1.82) is 0 Å². The Morgan fingerprint density at radius 3 is 2.27 bits per heavy atom. The van der Waals surface area contributed by atoms with Gasteiger partial charge in [-0.2, -0.15) is 0 Å². The topological polar surface area (TPSA) is 44.4 Å². The SMILES string of the molecule is O=C(CN1CCCCCC1)Nc1ccc(NCc2ccccc2Cl)cc1. The molecule has 1 saturated heterocycles. The predicted molar refractivity (Wildman–Crippen MR) is 109 cm³/mol. The molecule has 2 aromatic rings. The van der Waals surface area contributed by atoms with Gasteiger partial charge < -0.3 is 10.6 Å². The van der Waals surface area contributed by atoms with Crippen LogP contribution in [0.3, 0.4) is 0 Å². The van der Waals surface area contributed by atoms with E-state index in [-0.39, 0.29) is 5.91 Å². The van der Waals surface area contributed by atoms with E-state index in [4.69, 9.17) is 11.6 Å². The van der Waals surface area contributed by atoms with Crippen LogP contribution in [0.5, 0.6) is 0 Å². The molecule has 0 saturated carbocycles. The lowest BCUT2D eigenvalue weighted by Gasteiger charge is -2.19. The molecule has 3 rings (SSSR count). The Hall–Kier alpha value is -2.04. The molecular formula is C21H26ClN3O. The van der Waals surface area contributed by atoms with Gasteiger partial charge in [-0.15, -0.1) is 0 Å². The van der Waals surface area contributed by atoms with Gasteiger partial charge in [0.05, 0.1) is 6.54 Å². The number of likely N-dealkylation sites (tertiary alicyclic amines) is 1. The summed E-state index contributed by atoms with van der Waals surface area (Å²) in [6.07, 6.45) is 4.94. The number of amides is 1. The Balaban J connectivity index is 1.47. The van der Waals surface area contributed by atoms with Crippen LogP contribution in [0.2, 0.25) is 5.02 Å². The van der Waals surface area contributed by atoms with E-state index >= 15 is 0 Å². The minimum absolute atomic E-state index is 0.0590. The smallest absolute Gasteiger partial charge is 0.238 e. The van der Waals surface area contributed by atoms with Crippen LogP contribution in [-0.2, 0) is 11.3 Å². The summed E-state index contributed by atoms with van der Waals surface area (Å²) in [5.74, 6) is 0.0590. The second-order valence-corrected chi connectivity index (χ2v) is 7.17. The van der Waals surface area contributed by atoms with Gasteiger partial charge >= 0.3 is 0 Å². The van der Waals surface area contributed by atoms with Gasteiger partial charge in [0.15, 0.2) is 0 Å². The van der Waals surface area contributed by atoms with Crippen molar-refractivity contribution >= 4 is 28.9 Å². The predicted octanol–water partition coefficient (Wildman–Crippen LogP) is 4.77. The first kappa shape index (κ1) is 18.7. The van der Waals surface area contributed by atoms with Crippen molar-refractivity contribution in [2.24, 2.45) is 0 Å². The molecular weight excluding hydrogens is 346 g/mol. The quantitative estimate of drug-likeness (QED) is 0.768. The number of hydrogen-bond acceptors (Lipinski definition) is 3. The van der Waals surface area contributed by atoms with Gasteiger partial charge in [-0.3, -0.25) is 9.69 Å². The Morgan fingerprint density at radius 2 is 1.58 bits per heavy atom. The maximum atomic E-state index is 12.2. The van der Waals surface area contributed by atoms with Gasteiger partial charge in [0.25, 0.3) is 0 Å². The molecule has 1 amide bonds. The summed E-state index contributed by atoms with van der Waals surface area (Å²) in [6.45, 7) is 3.20. The highest BCUT2D eigenvalue weighted by molar-refractivity contribution is 6.31. The highest BCUT2D eigenvalue weighted by Gasteiger charge is 2.13. The lowest BCUT2D eigenvalue weighted by molar-refractivity contribution is -0.117. The molecule has 2 N–H and O–H groups in total. The summed E-state index contributed by atoms with van der Waals surface area (Å²) in [6, 6.07) is 15.6. The first-order valence-electron chi connectivity index (χ1n) is 9.30. The third kappa shape index (κ3) is 5.75. The summed E-state index contributed by atoms with van der Waals surface area (Å²) >= 11 is 6.17. The monoisotopic (exact) mass is 371 g/mol. The van der Waals surface area contributed by atoms with Crippen LogP contribution in [0, 0.1) is 0 Å². The summed E-state index contributed by atoms with van der Waals surface area (Å²) in [4.78, 5) is 14.5.